The molecule has 0 bridgehead atoms. The van der Waals surface area contributed by atoms with Gasteiger partial charge in [-0.1, -0.05) is 15.9 Å². The number of hydrogen-bond donors (Lipinski definition) is 3. The maximum Gasteiger partial charge on any atom is 0.337 e. The Morgan fingerprint density at radius 2 is 1.86 bits per heavy atom. The van der Waals surface area contributed by atoms with Crippen molar-refractivity contribution in [2.75, 3.05) is 10.6 Å². The highest BCUT2D eigenvalue weighted by atomic mass is 79.9. The Morgan fingerprint density at radius 1 is 1.14 bits per heavy atom. The number of rotatable bonds is 3. The Labute approximate surface area is 129 Å². The van der Waals surface area contributed by atoms with Crippen molar-refractivity contribution < 1.29 is 14.7 Å². The molecule has 0 unspecified atom stereocenters. The summed E-state index contributed by atoms with van der Waals surface area (Å²) in [5.74, 6) is -1.10. The summed E-state index contributed by atoms with van der Waals surface area (Å²) in [7, 11) is 0. The number of nitrogens with one attached hydrogen (secondary N) is 2. The Bertz CT molecular complexity index is 704. The second-order valence-corrected chi connectivity index (χ2v) is 5.16. The van der Waals surface area contributed by atoms with Crippen LogP contribution in [0.1, 0.15) is 15.9 Å². The normalized spacial score (nSPS) is 10.0. The number of carboxylic acid groups (broad SMARTS) is 1. The van der Waals surface area contributed by atoms with Crippen LogP contribution in [-0.2, 0) is 0 Å². The SMILES string of the molecule is Cc1cc(NC(=O)Nc2cncc(C(=O)O)c2)ccc1Br. The van der Waals surface area contributed by atoms with Gasteiger partial charge in [-0.15, -0.1) is 0 Å². The van der Waals surface area contributed by atoms with Gasteiger partial charge in [-0.3, -0.25) is 4.98 Å². The van der Waals surface area contributed by atoms with E-state index in [4.69, 9.17) is 5.11 Å². The van der Waals surface area contributed by atoms with Crippen LogP contribution in [0.3, 0.4) is 0 Å². The first-order valence-electron chi connectivity index (χ1n) is 5.98. The number of amides is 2. The summed E-state index contributed by atoms with van der Waals surface area (Å²) in [5.41, 5.74) is 1.94. The van der Waals surface area contributed by atoms with Crippen LogP contribution in [0.2, 0.25) is 0 Å². The maximum atomic E-state index is 11.9. The van der Waals surface area contributed by atoms with E-state index < -0.39 is 12.0 Å². The lowest BCUT2D eigenvalue weighted by Gasteiger charge is -2.09. The van der Waals surface area contributed by atoms with Crippen LogP contribution in [-0.4, -0.2) is 22.1 Å². The van der Waals surface area contributed by atoms with Crippen molar-refractivity contribution in [1.29, 1.82) is 0 Å². The predicted octanol–water partition coefficient (Wildman–Crippen LogP) is 3.49. The zero-order chi connectivity index (χ0) is 15.4. The first-order chi connectivity index (χ1) is 9.95. The van der Waals surface area contributed by atoms with Gasteiger partial charge in [-0.25, -0.2) is 9.59 Å². The molecule has 1 heterocycles. The molecule has 0 radical (unpaired) electrons. The van der Waals surface area contributed by atoms with Gasteiger partial charge in [-0.2, -0.15) is 0 Å². The van der Waals surface area contributed by atoms with Crippen molar-refractivity contribution in [3.8, 4) is 0 Å². The van der Waals surface area contributed by atoms with Gasteiger partial charge in [0.25, 0.3) is 0 Å². The summed E-state index contributed by atoms with van der Waals surface area (Å²) >= 11 is 3.38. The van der Waals surface area contributed by atoms with Gasteiger partial charge in [0, 0.05) is 16.4 Å². The third-order valence-electron chi connectivity index (χ3n) is 2.66. The van der Waals surface area contributed by atoms with Crippen LogP contribution >= 0.6 is 15.9 Å². The number of urea groups is 1. The first kappa shape index (κ1) is 15.0. The van der Waals surface area contributed by atoms with E-state index >= 15 is 0 Å². The number of aromatic carboxylic acids is 1. The third kappa shape index (κ3) is 4.03. The minimum atomic E-state index is -1.10. The first-order valence-corrected chi connectivity index (χ1v) is 6.77. The lowest BCUT2D eigenvalue weighted by Crippen LogP contribution is -2.19. The molecule has 0 spiro atoms. The molecule has 0 saturated heterocycles. The van der Waals surface area contributed by atoms with Crippen LogP contribution in [0, 0.1) is 6.92 Å². The minimum Gasteiger partial charge on any atom is -0.478 e. The Kier molecular flexibility index (Phi) is 4.54. The van der Waals surface area contributed by atoms with Gasteiger partial charge in [-0.05, 0) is 36.8 Å². The molecule has 0 atom stereocenters. The Balaban J connectivity index is 2.06. The van der Waals surface area contributed by atoms with Crippen molar-refractivity contribution in [3.05, 3.63) is 52.3 Å². The molecule has 21 heavy (non-hydrogen) atoms. The second kappa shape index (κ2) is 6.36. The molecule has 2 aromatic rings. The fourth-order valence-electron chi connectivity index (χ4n) is 1.64. The fraction of sp³-hybridized carbons (Fsp3) is 0.0714. The highest BCUT2D eigenvalue weighted by molar-refractivity contribution is 9.10. The number of hydrogen-bond acceptors (Lipinski definition) is 3. The van der Waals surface area contributed by atoms with Crippen molar-refractivity contribution in [3.63, 3.8) is 0 Å². The standard InChI is InChI=1S/C14H12BrN3O3/c1-8-4-10(2-3-12(8)15)17-14(21)18-11-5-9(13(19)20)6-16-7-11/h2-7H,1H3,(H,19,20)(H2,17,18,21). The van der Waals surface area contributed by atoms with Crippen LogP contribution < -0.4 is 10.6 Å². The molecule has 2 rings (SSSR count). The topological polar surface area (TPSA) is 91.3 Å². The van der Waals surface area contributed by atoms with E-state index in [0.717, 1.165) is 10.0 Å². The lowest BCUT2D eigenvalue weighted by atomic mass is 10.2. The van der Waals surface area contributed by atoms with Gasteiger partial charge >= 0.3 is 12.0 Å². The van der Waals surface area contributed by atoms with E-state index in [1.165, 1.54) is 18.5 Å². The van der Waals surface area contributed by atoms with E-state index in [1.807, 2.05) is 19.1 Å². The molecule has 2 amide bonds. The summed E-state index contributed by atoms with van der Waals surface area (Å²) in [6.45, 7) is 1.91. The van der Waals surface area contributed by atoms with Gasteiger partial charge in [0.05, 0.1) is 17.4 Å². The number of carbonyl (C=O) groups is 2. The number of nitrogens with zero attached hydrogens (tertiary/aromatic N) is 1. The van der Waals surface area contributed by atoms with Gasteiger partial charge in [0.2, 0.25) is 0 Å². The number of aromatic nitrogens is 1. The summed E-state index contributed by atoms with van der Waals surface area (Å²) in [6.07, 6.45) is 2.59. The molecule has 108 valence electrons. The van der Waals surface area contributed by atoms with Crippen LogP contribution in [0.25, 0.3) is 0 Å². The van der Waals surface area contributed by atoms with Crippen molar-refractivity contribution >= 4 is 39.3 Å². The number of aryl methyl sites for hydroxylation is 1. The molecule has 0 fully saturated rings. The van der Waals surface area contributed by atoms with E-state index in [9.17, 15) is 9.59 Å². The van der Waals surface area contributed by atoms with E-state index in [1.54, 1.807) is 6.07 Å². The van der Waals surface area contributed by atoms with E-state index in [-0.39, 0.29) is 5.56 Å². The lowest BCUT2D eigenvalue weighted by molar-refractivity contribution is 0.0696. The average Bonchev–Trinajstić information content (AvgIpc) is 2.43. The molecule has 7 heteroatoms. The summed E-state index contributed by atoms with van der Waals surface area (Å²) in [4.78, 5) is 26.4. The van der Waals surface area contributed by atoms with Crippen molar-refractivity contribution in [2.45, 2.75) is 6.92 Å². The number of anilines is 2. The summed E-state index contributed by atoms with van der Waals surface area (Å²) in [6, 6.07) is 6.26. The van der Waals surface area contributed by atoms with Crippen LogP contribution in [0.5, 0.6) is 0 Å². The van der Waals surface area contributed by atoms with Gasteiger partial charge in [0.15, 0.2) is 0 Å². The molecule has 0 aliphatic heterocycles. The Hall–Kier alpha value is -2.41. The minimum absolute atomic E-state index is 0.00675. The molecule has 6 nitrogen and oxygen atoms in total. The zero-order valence-electron chi connectivity index (χ0n) is 11.1. The highest BCUT2D eigenvalue weighted by Gasteiger charge is 2.07. The number of pyridine rings is 1. The quantitative estimate of drug-likeness (QED) is 0.790. The summed E-state index contributed by atoms with van der Waals surface area (Å²) in [5, 5.41) is 14.1. The molecule has 0 aliphatic carbocycles. The maximum absolute atomic E-state index is 11.9. The predicted molar refractivity (Wildman–Crippen MR) is 82.7 cm³/mol. The van der Waals surface area contributed by atoms with Crippen LogP contribution in [0.15, 0.2) is 41.1 Å². The molecule has 1 aromatic heterocycles. The number of halogens is 1. The molecule has 0 saturated carbocycles. The third-order valence-corrected chi connectivity index (χ3v) is 3.55. The molecule has 3 N–H and O–H groups in total. The molecule has 1 aromatic carbocycles. The molecule has 0 aliphatic rings. The highest BCUT2D eigenvalue weighted by Crippen LogP contribution is 2.20. The van der Waals surface area contributed by atoms with Crippen LogP contribution in [0.4, 0.5) is 16.2 Å². The van der Waals surface area contributed by atoms with E-state index in [2.05, 4.69) is 31.5 Å². The van der Waals surface area contributed by atoms with Gasteiger partial charge in [0.1, 0.15) is 0 Å². The van der Waals surface area contributed by atoms with E-state index in [0.29, 0.717) is 11.4 Å². The molecular weight excluding hydrogens is 338 g/mol. The monoisotopic (exact) mass is 349 g/mol. The molecular formula is C14H12BrN3O3. The largest absolute Gasteiger partial charge is 0.478 e. The van der Waals surface area contributed by atoms with Crippen molar-refractivity contribution in [2.24, 2.45) is 0 Å². The average molecular weight is 350 g/mol. The summed E-state index contributed by atoms with van der Waals surface area (Å²) < 4.78 is 0.951. The zero-order valence-corrected chi connectivity index (χ0v) is 12.6. The van der Waals surface area contributed by atoms with Gasteiger partial charge < -0.3 is 15.7 Å². The van der Waals surface area contributed by atoms with Crippen molar-refractivity contribution in [1.82, 2.24) is 4.98 Å². The number of carboxylic acids is 1. The Morgan fingerprint density at radius 3 is 2.52 bits per heavy atom. The number of carbonyl (C=O) groups excluding carboxylic acids is 1. The smallest absolute Gasteiger partial charge is 0.337 e. The fourth-order valence-corrected chi connectivity index (χ4v) is 1.89. The second-order valence-electron chi connectivity index (χ2n) is 4.31. The number of benzene rings is 1.